The summed E-state index contributed by atoms with van der Waals surface area (Å²) in [6.07, 6.45) is 0. The molecule has 0 saturated carbocycles. The highest BCUT2D eigenvalue weighted by molar-refractivity contribution is 7.17. The van der Waals surface area contributed by atoms with Gasteiger partial charge in [-0.1, -0.05) is 0 Å². The van der Waals surface area contributed by atoms with Crippen molar-refractivity contribution < 1.29 is 0 Å². The van der Waals surface area contributed by atoms with Crippen molar-refractivity contribution in [2.45, 2.75) is 6.92 Å². The fourth-order valence-corrected chi connectivity index (χ4v) is 3.40. The third-order valence-corrected chi connectivity index (χ3v) is 4.26. The molecule has 0 aliphatic rings. The van der Waals surface area contributed by atoms with Crippen LogP contribution in [0.1, 0.15) is 5.56 Å². The number of nitrogens with zero attached hydrogens (tertiary/aromatic N) is 3. The summed E-state index contributed by atoms with van der Waals surface area (Å²) in [5, 5.41) is 11.6. The summed E-state index contributed by atoms with van der Waals surface area (Å²) in [7, 11) is 1.83. The Morgan fingerprint density at radius 1 is 1.38 bits per heavy atom. The number of hydrogen-bond donors (Lipinski definition) is 1. The Balaban J connectivity index is 2.24. The van der Waals surface area contributed by atoms with E-state index in [0.717, 1.165) is 10.7 Å². The number of nitrogens with one attached hydrogen (secondary N) is 1. The second-order valence-electron chi connectivity index (χ2n) is 3.43. The lowest BCUT2D eigenvalue weighted by molar-refractivity contribution is 0.987. The summed E-state index contributed by atoms with van der Waals surface area (Å²) in [5.74, 6) is 0.669. The fourth-order valence-electron chi connectivity index (χ4n) is 1.58. The second kappa shape index (κ2) is 3.57. The topological polar surface area (TPSA) is 42.2 Å². The van der Waals surface area contributed by atoms with Gasteiger partial charge < -0.3 is 5.32 Å². The molecule has 1 N–H and O–H groups in total. The molecule has 16 heavy (non-hydrogen) atoms. The van der Waals surface area contributed by atoms with Gasteiger partial charge in [-0.25, -0.2) is 4.52 Å². The molecule has 0 aliphatic carbocycles. The van der Waals surface area contributed by atoms with E-state index in [-0.39, 0.29) is 0 Å². The van der Waals surface area contributed by atoms with Gasteiger partial charge in [0, 0.05) is 12.4 Å². The van der Waals surface area contributed by atoms with Gasteiger partial charge in [0.25, 0.3) is 0 Å². The lowest BCUT2D eigenvalue weighted by Crippen LogP contribution is -1.92. The first-order chi connectivity index (χ1) is 7.79. The van der Waals surface area contributed by atoms with Gasteiger partial charge >= 0.3 is 0 Å². The molecule has 82 valence electrons. The van der Waals surface area contributed by atoms with Crippen molar-refractivity contribution in [1.82, 2.24) is 14.6 Å². The summed E-state index contributed by atoms with van der Waals surface area (Å²) in [6.45, 7) is 2.12. The zero-order chi connectivity index (χ0) is 11.1. The number of aromatic nitrogens is 3. The number of fused-ring (bicyclic) bond motifs is 1. The van der Waals surface area contributed by atoms with Crippen LogP contribution in [0.2, 0.25) is 0 Å². The standard InChI is InChI=1S/C10H10N4S2/c1-6-3-4-15-8(6)7-5-16-10-12-9(11-2)13-14(7)10/h3-5H,1-2H3,(H,11,13). The van der Waals surface area contributed by atoms with Crippen molar-refractivity contribution >= 4 is 33.6 Å². The molecule has 0 spiro atoms. The Hall–Kier alpha value is -1.40. The molecule has 0 bridgehead atoms. The summed E-state index contributed by atoms with van der Waals surface area (Å²) < 4.78 is 1.90. The third kappa shape index (κ3) is 1.34. The monoisotopic (exact) mass is 250 g/mol. The molecule has 3 heterocycles. The Morgan fingerprint density at radius 2 is 2.25 bits per heavy atom. The van der Waals surface area contributed by atoms with Crippen LogP contribution in [-0.2, 0) is 0 Å². The minimum atomic E-state index is 0.669. The van der Waals surface area contributed by atoms with Crippen LogP contribution in [0.5, 0.6) is 0 Å². The van der Waals surface area contributed by atoms with Crippen LogP contribution in [0.4, 0.5) is 5.95 Å². The molecule has 3 aromatic heterocycles. The van der Waals surface area contributed by atoms with Gasteiger partial charge in [-0.05, 0) is 23.9 Å². The highest BCUT2D eigenvalue weighted by Crippen LogP contribution is 2.32. The van der Waals surface area contributed by atoms with Crippen LogP contribution in [0.3, 0.4) is 0 Å². The average molecular weight is 250 g/mol. The number of anilines is 1. The van der Waals surface area contributed by atoms with Crippen LogP contribution < -0.4 is 5.32 Å². The Labute approximate surface area is 101 Å². The van der Waals surface area contributed by atoms with Gasteiger partial charge in [-0.15, -0.1) is 27.8 Å². The van der Waals surface area contributed by atoms with E-state index >= 15 is 0 Å². The van der Waals surface area contributed by atoms with E-state index in [1.54, 1.807) is 22.7 Å². The lowest BCUT2D eigenvalue weighted by Gasteiger charge is -1.95. The maximum atomic E-state index is 4.40. The molecule has 6 heteroatoms. The molecule has 0 amide bonds. The highest BCUT2D eigenvalue weighted by Gasteiger charge is 2.13. The Bertz CT molecular complexity index is 634. The van der Waals surface area contributed by atoms with Crippen molar-refractivity contribution in [3.8, 4) is 10.6 Å². The third-order valence-electron chi connectivity index (χ3n) is 2.40. The van der Waals surface area contributed by atoms with Crippen molar-refractivity contribution in [2.24, 2.45) is 0 Å². The molecule has 0 radical (unpaired) electrons. The first-order valence-electron chi connectivity index (χ1n) is 4.86. The smallest absolute Gasteiger partial charge is 0.243 e. The minimum Gasteiger partial charge on any atom is -0.356 e. The van der Waals surface area contributed by atoms with Crippen LogP contribution in [0, 0.1) is 6.92 Å². The molecular weight excluding hydrogens is 240 g/mol. The largest absolute Gasteiger partial charge is 0.356 e. The zero-order valence-electron chi connectivity index (χ0n) is 8.89. The quantitative estimate of drug-likeness (QED) is 0.760. The maximum absolute atomic E-state index is 4.40. The van der Waals surface area contributed by atoms with E-state index in [1.807, 2.05) is 11.6 Å². The van der Waals surface area contributed by atoms with Crippen LogP contribution in [-0.4, -0.2) is 21.6 Å². The van der Waals surface area contributed by atoms with Gasteiger partial charge in [-0.3, -0.25) is 0 Å². The molecule has 0 aliphatic heterocycles. The van der Waals surface area contributed by atoms with Crippen molar-refractivity contribution in [3.05, 3.63) is 22.4 Å². The van der Waals surface area contributed by atoms with Crippen molar-refractivity contribution in [2.75, 3.05) is 12.4 Å². The van der Waals surface area contributed by atoms with Gasteiger partial charge in [0.2, 0.25) is 10.9 Å². The van der Waals surface area contributed by atoms with Gasteiger partial charge in [0.05, 0.1) is 10.6 Å². The molecule has 0 aromatic carbocycles. The van der Waals surface area contributed by atoms with Gasteiger partial charge in [0.1, 0.15) is 0 Å². The summed E-state index contributed by atoms with van der Waals surface area (Å²) in [4.78, 5) is 6.54. The van der Waals surface area contributed by atoms with Crippen LogP contribution in [0.25, 0.3) is 15.5 Å². The first kappa shape index (κ1) is 9.80. The van der Waals surface area contributed by atoms with E-state index in [2.05, 4.69) is 39.1 Å². The molecule has 4 nitrogen and oxygen atoms in total. The molecule has 3 rings (SSSR count). The molecular formula is C10H10N4S2. The predicted octanol–water partition coefficient (Wildman–Crippen LogP) is 2.87. The number of thiophene rings is 1. The van der Waals surface area contributed by atoms with Crippen LogP contribution in [0.15, 0.2) is 16.8 Å². The fraction of sp³-hybridized carbons (Fsp3) is 0.200. The van der Waals surface area contributed by atoms with Crippen molar-refractivity contribution in [3.63, 3.8) is 0 Å². The normalized spacial score (nSPS) is 11.1. The molecule has 0 unspecified atom stereocenters. The number of aryl methyl sites for hydroxylation is 1. The van der Waals surface area contributed by atoms with E-state index in [4.69, 9.17) is 0 Å². The Morgan fingerprint density at radius 3 is 2.94 bits per heavy atom. The van der Waals surface area contributed by atoms with E-state index in [1.165, 1.54) is 10.4 Å². The highest BCUT2D eigenvalue weighted by atomic mass is 32.1. The first-order valence-corrected chi connectivity index (χ1v) is 6.62. The lowest BCUT2D eigenvalue weighted by atomic mass is 10.2. The van der Waals surface area contributed by atoms with Gasteiger partial charge in [-0.2, -0.15) is 4.98 Å². The summed E-state index contributed by atoms with van der Waals surface area (Å²) >= 11 is 3.35. The molecule has 0 fully saturated rings. The summed E-state index contributed by atoms with van der Waals surface area (Å²) in [5.41, 5.74) is 2.41. The van der Waals surface area contributed by atoms with Crippen LogP contribution >= 0.6 is 22.7 Å². The maximum Gasteiger partial charge on any atom is 0.243 e. The molecule has 0 atom stereocenters. The number of thiazole rings is 1. The van der Waals surface area contributed by atoms with Crippen molar-refractivity contribution in [1.29, 1.82) is 0 Å². The molecule has 0 saturated heterocycles. The number of rotatable bonds is 2. The summed E-state index contributed by atoms with van der Waals surface area (Å²) in [6, 6.07) is 2.12. The second-order valence-corrected chi connectivity index (χ2v) is 5.19. The zero-order valence-corrected chi connectivity index (χ0v) is 10.5. The number of hydrogen-bond acceptors (Lipinski definition) is 5. The SMILES string of the molecule is CNc1nc2scc(-c3sccc3C)n2n1. The van der Waals surface area contributed by atoms with E-state index in [0.29, 0.717) is 5.95 Å². The average Bonchev–Trinajstić information content (AvgIpc) is 2.92. The Kier molecular flexibility index (Phi) is 2.19. The predicted molar refractivity (Wildman–Crippen MR) is 68.5 cm³/mol. The van der Waals surface area contributed by atoms with Gasteiger partial charge in [0.15, 0.2) is 0 Å². The van der Waals surface area contributed by atoms with E-state index in [9.17, 15) is 0 Å². The van der Waals surface area contributed by atoms with E-state index < -0.39 is 0 Å². The molecule has 3 aromatic rings. The minimum absolute atomic E-state index is 0.669.